The van der Waals surface area contributed by atoms with Crippen molar-refractivity contribution in [2.45, 2.75) is 31.7 Å². The molecule has 144 valence electrons. The third kappa shape index (κ3) is 2.79. The molecule has 2 unspecified atom stereocenters. The number of aryl methyl sites for hydroxylation is 1. The molecule has 5 nitrogen and oxygen atoms in total. The minimum absolute atomic E-state index is 0.0238. The van der Waals surface area contributed by atoms with Crippen molar-refractivity contribution in [1.29, 1.82) is 0 Å². The van der Waals surface area contributed by atoms with E-state index in [1.165, 1.54) is 5.56 Å². The second-order valence-electron chi connectivity index (χ2n) is 7.88. The van der Waals surface area contributed by atoms with Gasteiger partial charge in [-0.15, -0.1) is 11.3 Å². The van der Waals surface area contributed by atoms with Gasteiger partial charge in [0.1, 0.15) is 5.60 Å². The Hall–Kier alpha value is -2.44. The minimum Gasteiger partial charge on any atom is -0.360 e. The second-order valence-corrected chi connectivity index (χ2v) is 8.91. The Morgan fingerprint density at radius 1 is 1.32 bits per heavy atom. The molecule has 1 spiro atoms. The molecule has 4 atom stereocenters. The quantitative estimate of drug-likeness (QED) is 0.794. The van der Waals surface area contributed by atoms with E-state index < -0.39 is 17.4 Å². The number of ether oxygens (including phenoxy) is 1. The summed E-state index contributed by atoms with van der Waals surface area (Å²) in [6.45, 7) is 3.59. The SMILES string of the molecule is Cc1ccc(CNC(=O)C2[C@@H]3C=CC4(CN(Cc5cccs5)C(=O)[C@H]24)O3)cc1. The number of likely N-dealkylation sites (tertiary alicyclic amines) is 1. The zero-order chi connectivity index (χ0) is 19.3. The molecule has 1 aromatic carbocycles. The molecule has 2 amide bonds. The van der Waals surface area contributed by atoms with Gasteiger partial charge in [-0.25, -0.2) is 0 Å². The zero-order valence-corrected chi connectivity index (χ0v) is 16.4. The number of benzene rings is 1. The third-order valence-electron chi connectivity index (χ3n) is 6.00. The number of carbonyl (C=O) groups excluding carboxylic acids is 2. The molecule has 3 aliphatic heterocycles. The van der Waals surface area contributed by atoms with Crippen LogP contribution >= 0.6 is 11.3 Å². The molecule has 28 heavy (non-hydrogen) atoms. The molecule has 1 aromatic heterocycles. The van der Waals surface area contributed by atoms with Crippen molar-refractivity contribution in [3.05, 3.63) is 69.9 Å². The van der Waals surface area contributed by atoms with Crippen molar-refractivity contribution >= 4 is 23.2 Å². The van der Waals surface area contributed by atoms with E-state index in [1.807, 2.05) is 65.8 Å². The van der Waals surface area contributed by atoms with Crippen LogP contribution in [0.15, 0.2) is 53.9 Å². The van der Waals surface area contributed by atoms with E-state index in [9.17, 15) is 9.59 Å². The fraction of sp³-hybridized carbons (Fsp3) is 0.364. The van der Waals surface area contributed by atoms with E-state index >= 15 is 0 Å². The van der Waals surface area contributed by atoms with Gasteiger partial charge in [0.2, 0.25) is 11.8 Å². The predicted molar refractivity (Wildman–Crippen MR) is 106 cm³/mol. The maximum atomic E-state index is 13.2. The number of thiophene rings is 1. The number of fused-ring (bicyclic) bond motifs is 1. The van der Waals surface area contributed by atoms with Crippen molar-refractivity contribution in [2.24, 2.45) is 11.8 Å². The highest BCUT2D eigenvalue weighted by Gasteiger charge is 2.66. The van der Waals surface area contributed by atoms with Gasteiger partial charge in [0.05, 0.1) is 31.0 Å². The molecule has 1 N–H and O–H groups in total. The Balaban J connectivity index is 1.32. The fourth-order valence-corrected chi connectivity index (χ4v) is 5.33. The van der Waals surface area contributed by atoms with Gasteiger partial charge in [0.15, 0.2) is 0 Å². The average Bonchev–Trinajstić information content (AvgIpc) is 3.45. The molecular weight excluding hydrogens is 372 g/mol. The lowest BCUT2D eigenvalue weighted by molar-refractivity contribution is -0.137. The summed E-state index contributed by atoms with van der Waals surface area (Å²) in [6, 6.07) is 12.1. The van der Waals surface area contributed by atoms with Gasteiger partial charge in [-0.2, -0.15) is 0 Å². The molecule has 3 aliphatic rings. The second kappa shape index (κ2) is 6.57. The predicted octanol–water partition coefficient (Wildman–Crippen LogP) is 2.65. The highest BCUT2D eigenvalue weighted by Crippen LogP contribution is 2.52. The van der Waals surface area contributed by atoms with E-state index in [2.05, 4.69) is 5.32 Å². The first kappa shape index (κ1) is 17.6. The molecule has 0 saturated carbocycles. The van der Waals surface area contributed by atoms with E-state index in [0.717, 1.165) is 10.4 Å². The first-order valence-corrected chi connectivity index (χ1v) is 10.5. The highest BCUT2D eigenvalue weighted by atomic mass is 32.1. The summed E-state index contributed by atoms with van der Waals surface area (Å²) in [7, 11) is 0. The van der Waals surface area contributed by atoms with E-state index in [0.29, 0.717) is 19.6 Å². The third-order valence-corrected chi connectivity index (χ3v) is 6.86. The average molecular weight is 394 g/mol. The Morgan fingerprint density at radius 3 is 2.89 bits per heavy atom. The van der Waals surface area contributed by atoms with Crippen molar-refractivity contribution in [3.8, 4) is 0 Å². The van der Waals surface area contributed by atoms with E-state index in [1.54, 1.807) is 11.3 Å². The number of hydrogen-bond donors (Lipinski definition) is 1. The fourth-order valence-electron chi connectivity index (χ4n) is 4.62. The van der Waals surface area contributed by atoms with Gasteiger partial charge in [-0.1, -0.05) is 48.0 Å². The lowest BCUT2D eigenvalue weighted by Crippen LogP contribution is -2.43. The van der Waals surface area contributed by atoms with Crippen LogP contribution in [-0.2, 0) is 27.4 Å². The van der Waals surface area contributed by atoms with Gasteiger partial charge >= 0.3 is 0 Å². The Morgan fingerprint density at radius 2 is 2.14 bits per heavy atom. The summed E-state index contributed by atoms with van der Waals surface area (Å²) in [6.07, 6.45) is 3.64. The molecule has 6 heteroatoms. The van der Waals surface area contributed by atoms with Crippen LogP contribution in [0.5, 0.6) is 0 Å². The van der Waals surface area contributed by atoms with Crippen LogP contribution in [0.3, 0.4) is 0 Å². The van der Waals surface area contributed by atoms with Crippen LogP contribution in [0.25, 0.3) is 0 Å². The Kier molecular flexibility index (Phi) is 4.14. The van der Waals surface area contributed by atoms with Crippen molar-refractivity contribution < 1.29 is 14.3 Å². The largest absolute Gasteiger partial charge is 0.360 e. The van der Waals surface area contributed by atoms with Crippen LogP contribution in [0.1, 0.15) is 16.0 Å². The summed E-state index contributed by atoms with van der Waals surface area (Å²) in [5.74, 6) is -0.972. The monoisotopic (exact) mass is 394 g/mol. The number of hydrogen-bond acceptors (Lipinski definition) is 4. The van der Waals surface area contributed by atoms with Gasteiger partial charge in [0, 0.05) is 11.4 Å². The first-order valence-electron chi connectivity index (χ1n) is 9.57. The number of nitrogens with zero attached hydrogens (tertiary/aromatic N) is 1. The molecule has 2 aromatic rings. The number of nitrogens with one attached hydrogen (secondary N) is 1. The van der Waals surface area contributed by atoms with Crippen molar-refractivity contribution in [1.82, 2.24) is 10.2 Å². The smallest absolute Gasteiger partial charge is 0.230 e. The van der Waals surface area contributed by atoms with Gasteiger partial charge in [-0.05, 0) is 23.9 Å². The molecule has 0 aliphatic carbocycles. The van der Waals surface area contributed by atoms with Crippen molar-refractivity contribution in [3.63, 3.8) is 0 Å². The van der Waals surface area contributed by atoms with Crippen LogP contribution in [0.4, 0.5) is 0 Å². The normalized spacial score (nSPS) is 30.1. The topological polar surface area (TPSA) is 58.6 Å². The maximum absolute atomic E-state index is 13.2. The molecule has 2 bridgehead atoms. The van der Waals surface area contributed by atoms with Crippen LogP contribution < -0.4 is 5.32 Å². The molecule has 5 rings (SSSR count). The summed E-state index contributed by atoms with van der Waals surface area (Å²) in [5, 5.41) is 5.03. The summed E-state index contributed by atoms with van der Waals surface area (Å²) < 4.78 is 6.17. The Labute approximate surface area is 168 Å². The zero-order valence-electron chi connectivity index (χ0n) is 15.6. The molecule has 0 radical (unpaired) electrons. The standard InChI is InChI=1S/C22H22N2O3S/c1-14-4-6-15(7-5-14)11-23-20(25)18-17-8-9-22(27-17)13-24(21(26)19(18)22)12-16-3-2-10-28-16/h2-10,17-19H,11-13H2,1H3,(H,23,25)/t17-,18?,19-,22?/m0/s1. The first-order chi connectivity index (χ1) is 13.6. The number of amides is 2. The highest BCUT2D eigenvalue weighted by molar-refractivity contribution is 7.09. The van der Waals surface area contributed by atoms with Crippen molar-refractivity contribution in [2.75, 3.05) is 6.54 Å². The Bertz CT molecular complexity index is 937. The van der Waals surface area contributed by atoms with Gasteiger partial charge < -0.3 is 15.0 Å². The molecular formula is C22H22N2O3S. The lowest BCUT2D eigenvalue weighted by atomic mass is 9.77. The lowest BCUT2D eigenvalue weighted by Gasteiger charge is -2.23. The van der Waals surface area contributed by atoms with Gasteiger partial charge in [0.25, 0.3) is 0 Å². The number of rotatable bonds is 5. The number of carbonyl (C=O) groups is 2. The molecule has 2 saturated heterocycles. The van der Waals surface area contributed by atoms with E-state index in [-0.39, 0.29) is 17.9 Å². The summed E-state index contributed by atoms with van der Waals surface area (Å²) >= 11 is 1.64. The maximum Gasteiger partial charge on any atom is 0.230 e. The molecule has 4 heterocycles. The van der Waals surface area contributed by atoms with Crippen LogP contribution in [0.2, 0.25) is 0 Å². The molecule has 2 fully saturated rings. The van der Waals surface area contributed by atoms with Gasteiger partial charge in [-0.3, -0.25) is 9.59 Å². The van der Waals surface area contributed by atoms with E-state index in [4.69, 9.17) is 4.74 Å². The van der Waals surface area contributed by atoms with Crippen LogP contribution in [0, 0.1) is 18.8 Å². The summed E-state index contributed by atoms with van der Waals surface area (Å²) in [5.41, 5.74) is 1.58. The summed E-state index contributed by atoms with van der Waals surface area (Å²) in [4.78, 5) is 29.1. The minimum atomic E-state index is -0.648. The van der Waals surface area contributed by atoms with Crippen LogP contribution in [-0.4, -0.2) is 35.0 Å².